The van der Waals surface area contributed by atoms with Crippen LogP contribution in [0.15, 0.2) is 22.7 Å². The Hall–Kier alpha value is -0.540. The summed E-state index contributed by atoms with van der Waals surface area (Å²) in [4.78, 5) is 0. The molecule has 0 radical (unpaired) electrons. The minimum atomic E-state index is 0.813. The largest absolute Gasteiger partial charge is 0.494 e. The van der Waals surface area contributed by atoms with Gasteiger partial charge in [0.2, 0.25) is 0 Å². The molecule has 0 amide bonds. The molecule has 94 valence electrons. The molecule has 1 aliphatic rings. The smallest absolute Gasteiger partial charge is 0.119 e. The summed E-state index contributed by atoms with van der Waals surface area (Å²) >= 11 is 3.49. The molecule has 17 heavy (non-hydrogen) atoms. The third kappa shape index (κ3) is 4.68. The molecule has 1 aromatic carbocycles. The number of nitrogens with one attached hydrogen (secondary N) is 1. The quantitative estimate of drug-likeness (QED) is 0.776. The minimum absolute atomic E-state index is 0.813. The molecule has 0 heterocycles. The van der Waals surface area contributed by atoms with E-state index in [4.69, 9.17) is 4.74 Å². The van der Waals surface area contributed by atoms with Crippen molar-refractivity contribution >= 4 is 15.9 Å². The average Bonchev–Trinajstić information content (AvgIpc) is 3.12. The number of rotatable bonds is 7. The normalized spacial score (nSPS) is 14.9. The molecule has 1 N–H and O–H groups in total. The van der Waals surface area contributed by atoms with Crippen molar-refractivity contribution in [2.45, 2.75) is 38.6 Å². The SMILES string of the molecule is Cc1cc(OCCCCNC2CC2)ccc1Br. The highest BCUT2D eigenvalue weighted by Crippen LogP contribution is 2.21. The third-order valence-corrected chi connectivity index (χ3v) is 3.87. The number of hydrogen-bond donors (Lipinski definition) is 1. The van der Waals surface area contributed by atoms with Crippen molar-refractivity contribution in [3.8, 4) is 5.75 Å². The standard InChI is InChI=1S/C14H20BrNO/c1-11-10-13(6-7-14(11)15)17-9-3-2-8-16-12-4-5-12/h6-7,10,12,16H,2-5,8-9H2,1H3. The van der Waals surface area contributed by atoms with Crippen molar-refractivity contribution in [3.05, 3.63) is 28.2 Å². The van der Waals surface area contributed by atoms with Crippen molar-refractivity contribution in [1.82, 2.24) is 5.32 Å². The van der Waals surface area contributed by atoms with Crippen LogP contribution in [0.5, 0.6) is 5.75 Å². The lowest BCUT2D eigenvalue weighted by molar-refractivity contribution is 0.305. The number of halogens is 1. The highest BCUT2D eigenvalue weighted by molar-refractivity contribution is 9.10. The van der Waals surface area contributed by atoms with Crippen LogP contribution in [0.4, 0.5) is 0 Å². The second-order valence-electron chi connectivity index (χ2n) is 4.69. The summed E-state index contributed by atoms with van der Waals surface area (Å²) in [6, 6.07) is 6.95. The Morgan fingerprint density at radius 1 is 1.35 bits per heavy atom. The van der Waals surface area contributed by atoms with Crippen LogP contribution in [-0.4, -0.2) is 19.2 Å². The van der Waals surface area contributed by atoms with Gasteiger partial charge in [0, 0.05) is 10.5 Å². The highest BCUT2D eigenvalue weighted by Gasteiger charge is 2.19. The van der Waals surface area contributed by atoms with Crippen molar-refractivity contribution in [1.29, 1.82) is 0 Å². The summed E-state index contributed by atoms with van der Waals surface area (Å²) in [7, 11) is 0. The van der Waals surface area contributed by atoms with Gasteiger partial charge in [0.05, 0.1) is 6.61 Å². The minimum Gasteiger partial charge on any atom is -0.494 e. The Morgan fingerprint density at radius 2 is 2.18 bits per heavy atom. The summed E-state index contributed by atoms with van der Waals surface area (Å²) in [5.41, 5.74) is 1.22. The first-order valence-corrected chi connectivity index (χ1v) is 7.17. The monoisotopic (exact) mass is 297 g/mol. The zero-order chi connectivity index (χ0) is 12.1. The molecule has 3 heteroatoms. The van der Waals surface area contributed by atoms with Gasteiger partial charge in [-0.3, -0.25) is 0 Å². The number of unbranched alkanes of at least 4 members (excludes halogenated alkanes) is 1. The van der Waals surface area contributed by atoms with Crippen LogP contribution in [0.1, 0.15) is 31.2 Å². The molecule has 0 aromatic heterocycles. The summed E-state index contributed by atoms with van der Waals surface area (Å²) in [6.45, 7) is 4.03. The van der Waals surface area contributed by atoms with Crippen LogP contribution < -0.4 is 10.1 Å². The molecule has 2 nitrogen and oxygen atoms in total. The number of benzene rings is 1. The lowest BCUT2D eigenvalue weighted by Gasteiger charge is -2.08. The maximum Gasteiger partial charge on any atom is 0.119 e. The predicted octanol–water partition coefficient (Wildman–Crippen LogP) is 3.67. The molecule has 0 atom stereocenters. The number of hydrogen-bond acceptors (Lipinski definition) is 2. The van der Waals surface area contributed by atoms with E-state index in [-0.39, 0.29) is 0 Å². The average molecular weight is 298 g/mol. The Morgan fingerprint density at radius 3 is 2.88 bits per heavy atom. The van der Waals surface area contributed by atoms with E-state index in [0.717, 1.165) is 35.8 Å². The van der Waals surface area contributed by atoms with Crippen LogP contribution >= 0.6 is 15.9 Å². The molecule has 0 spiro atoms. The van der Waals surface area contributed by atoms with E-state index in [2.05, 4.69) is 34.2 Å². The van der Waals surface area contributed by atoms with E-state index < -0.39 is 0 Å². The number of ether oxygens (including phenoxy) is 1. The molecule has 0 saturated heterocycles. The summed E-state index contributed by atoms with van der Waals surface area (Å²) in [6.07, 6.45) is 5.06. The molecule has 1 aliphatic carbocycles. The van der Waals surface area contributed by atoms with Crippen LogP contribution in [0, 0.1) is 6.92 Å². The van der Waals surface area contributed by atoms with E-state index in [9.17, 15) is 0 Å². The van der Waals surface area contributed by atoms with Crippen LogP contribution in [0.3, 0.4) is 0 Å². The Bertz CT molecular complexity index is 363. The molecular formula is C14H20BrNO. The second kappa shape index (κ2) is 6.41. The molecule has 0 aliphatic heterocycles. The number of aryl methyl sites for hydroxylation is 1. The lowest BCUT2D eigenvalue weighted by atomic mass is 10.2. The van der Waals surface area contributed by atoms with Gasteiger partial charge in [-0.05, 0) is 62.9 Å². The van der Waals surface area contributed by atoms with Gasteiger partial charge in [-0.25, -0.2) is 0 Å². The summed E-state index contributed by atoms with van der Waals surface area (Å²) in [5, 5.41) is 3.51. The van der Waals surface area contributed by atoms with Crippen LogP contribution in [0.25, 0.3) is 0 Å². The lowest BCUT2D eigenvalue weighted by Crippen LogP contribution is -2.17. The zero-order valence-electron chi connectivity index (χ0n) is 10.3. The van der Waals surface area contributed by atoms with Gasteiger partial charge >= 0.3 is 0 Å². The van der Waals surface area contributed by atoms with Crippen molar-refractivity contribution in [2.24, 2.45) is 0 Å². The highest BCUT2D eigenvalue weighted by atomic mass is 79.9. The van der Waals surface area contributed by atoms with Gasteiger partial charge in [0.15, 0.2) is 0 Å². The molecule has 2 rings (SSSR count). The van der Waals surface area contributed by atoms with Crippen molar-refractivity contribution in [3.63, 3.8) is 0 Å². The van der Waals surface area contributed by atoms with E-state index in [1.54, 1.807) is 0 Å². The van der Waals surface area contributed by atoms with E-state index in [1.165, 1.54) is 24.8 Å². The van der Waals surface area contributed by atoms with Gasteiger partial charge in [-0.2, -0.15) is 0 Å². The fourth-order valence-corrected chi connectivity index (χ4v) is 1.96. The van der Waals surface area contributed by atoms with Crippen LogP contribution in [0.2, 0.25) is 0 Å². The molecule has 1 saturated carbocycles. The predicted molar refractivity (Wildman–Crippen MR) is 74.6 cm³/mol. The molecule has 0 bridgehead atoms. The van der Waals surface area contributed by atoms with Gasteiger partial charge < -0.3 is 10.1 Å². The van der Waals surface area contributed by atoms with Gasteiger partial charge in [-0.1, -0.05) is 15.9 Å². The van der Waals surface area contributed by atoms with E-state index in [1.807, 2.05) is 12.1 Å². The summed E-state index contributed by atoms with van der Waals surface area (Å²) in [5.74, 6) is 0.973. The van der Waals surface area contributed by atoms with Crippen LogP contribution in [-0.2, 0) is 0 Å². The fourth-order valence-electron chi connectivity index (χ4n) is 1.72. The molecule has 1 aromatic rings. The molecule has 0 unspecified atom stereocenters. The molecular weight excluding hydrogens is 278 g/mol. The Labute approximate surface area is 112 Å². The first-order chi connectivity index (χ1) is 8.25. The van der Waals surface area contributed by atoms with Crippen molar-refractivity contribution < 1.29 is 4.74 Å². The van der Waals surface area contributed by atoms with Gasteiger partial charge in [-0.15, -0.1) is 0 Å². The summed E-state index contributed by atoms with van der Waals surface area (Å²) < 4.78 is 6.85. The van der Waals surface area contributed by atoms with Crippen molar-refractivity contribution in [2.75, 3.05) is 13.2 Å². The third-order valence-electron chi connectivity index (χ3n) is 2.98. The zero-order valence-corrected chi connectivity index (χ0v) is 11.9. The topological polar surface area (TPSA) is 21.3 Å². The van der Waals surface area contributed by atoms with Gasteiger partial charge in [0.1, 0.15) is 5.75 Å². The maximum absolute atomic E-state index is 5.72. The second-order valence-corrected chi connectivity index (χ2v) is 5.55. The van der Waals surface area contributed by atoms with Gasteiger partial charge in [0.25, 0.3) is 0 Å². The maximum atomic E-state index is 5.72. The Kier molecular flexibility index (Phi) is 4.86. The van der Waals surface area contributed by atoms with E-state index >= 15 is 0 Å². The first-order valence-electron chi connectivity index (χ1n) is 6.38. The first kappa shape index (κ1) is 12.9. The molecule has 1 fully saturated rings. The Balaban J connectivity index is 1.58. The fraction of sp³-hybridized carbons (Fsp3) is 0.571. The van der Waals surface area contributed by atoms with E-state index in [0.29, 0.717) is 0 Å².